The monoisotopic (exact) mass is 441 g/mol. The topological polar surface area (TPSA) is 158 Å². The van der Waals surface area contributed by atoms with Gasteiger partial charge in [-0.1, -0.05) is 0 Å². The number of pyridine rings is 1. The Labute approximate surface area is 171 Å². The molecule has 13 heteroatoms. The van der Waals surface area contributed by atoms with Crippen LogP contribution in [0.5, 0.6) is 5.88 Å². The minimum atomic E-state index is -3.29. The number of hydrogen-bond acceptors (Lipinski definition) is 7. The van der Waals surface area contributed by atoms with Crippen molar-refractivity contribution in [3.05, 3.63) is 30.2 Å². The summed E-state index contributed by atoms with van der Waals surface area (Å²) in [6.45, 7) is -0.257. The number of aromatic nitrogens is 3. The lowest BCUT2D eigenvalue weighted by atomic mass is 10.1. The number of rotatable bonds is 6. The molecule has 2 aromatic heterocycles. The second kappa shape index (κ2) is 8.26. The highest BCUT2D eigenvalue weighted by Crippen LogP contribution is 2.27. The summed E-state index contributed by atoms with van der Waals surface area (Å²) in [6, 6.07) is 1.39. The molecule has 1 saturated heterocycles. The van der Waals surface area contributed by atoms with Crippen molar-refractivity contribution in [2.75, 3.05) is 19.3 Å². The molecule has 0 bridgehead atoms. The molecule has 0 unspecified atom stereocenters. The summed E-state index contributed by atoms with van der Waals surface area (Å²) in [5, 5.41) is 12.9. The molecular weight excluding hydrogens is 421 g/mol. The van der Waals surface area contributed by atoms with Gasteiger partial charge in [-0.25, -0.2) is 22.6 Å². The third-order valence-electron chi connectivity index (χ3n) is 4.47. The van der Waals surface area contributed by atoms with Crippen LogP contribution in [0.3, 0.4) is 0 Å². The maximum Gasteiger partial charge on any atom is 0.407 e. The van der Waals surface area contributed by atoms with Crippen LogP contribution >= 0.6 is 0 Å². The van der Waals surface area contributed by atoms with Crippen molar-refractivity contribution in [1.29, 1.82) is 0 Å². The van der Waals surface area contributed by atoms with E-state index >= 15 is 0 Å². The van der Waals surface area contributed by atoms with Crippen LogP contribution in [0.25, 0.3) is 11.1 Å². The smallest absolute Gasteiger partial charge is 0.407 e. The van der Waals surface area contributed by atoms with Gasteiger partial charge in [0.05, 0.1) is 12.7 Å². The number of primary amides is 1. The standard InChI is InChI=1S/C17H20FN5O6S/c1-30(27,28)9-23-7-11(6-21-23)10-4-12(15(19)24)16(20-5-10)29-14-2-3-22(17(25)26)8-13(14)18/h4-7,13-14H,2-3,8-9H2,1H3,(H2,19,24)(H,25,26)/t13-,14+/m0/s1. The highest BCUT2D eigenvalue weighted by atomic mass is 32.2. The Morgan fingerprint density at radius 1 is 1.37 bits per heavy atom. The molecule has 0 saturated carbocycles. The van der Waals surface area contributed by atoms with Crippen molar-refractivity contribution in [3.8, 4) is 17.0 Å². The van der Waals surface area contributed by atoms with Gasteiger partial charge in [-0.2, -0.15) is 5.10 Å². The highest BCUT2D eigenvalue weighted by molar-refractivity contribution is 7.89. The number of hydrogen-bond donors (Lipinski definition) is 2. The third-order valence-corrected chi connectivity index (χ3v) is 5.20. The van der Waals surface area contributed by atoms with Gasteiger partial charge in [0.15, 0.2) is 16.0 Å². The van der Waals surface area contributed by atoms with E-state index in [-0.39, 0.29) is 36.8 Å². The molecule has 11 nitrogen and oxygen atoms in total. The van der Waals surface area contributed by atoms with E-state index in [4.69, 9.17) is 15.6 Å². The van der Waals surface area contributed by atoms with Crippen LogP contribution in [0.15, 0.2) is 24.7 Å². The normalized spacial score (nSPS) is 19.5. The van der Waals surface area contributed by atoms with Crippen LogP contribution in [0.4, 0.5) is 9.18 Å². The summed E-state index contributed by atoms with van der Waals surface area (Å²) in [5.74, 6) is -1.32. The Morgan fingerprint density at radius 2 is 2.10 bits per heavy atom. The molecule has 0 spiro atoms. The predicted molar refractivity (Wildman–Crippen MR) is 102 cm³/mol. The first-order valence-corrected chi connectivity index (χ1v) is 10.9. The quantitative estimate of drug-likeness (QED) is 0.656. The molecule has 2 atom stereocenters. The van der Waals surface area contributed by atoms with Gasteiger partial charge < -0.3 is 20.5 Å². The average molecular weight is 441 g/mol. The van der Waals surface area contributed by atoms with Crippen LogP contribution in [0, 0.1) is 0 Å². The number of alkyl halides is 1. The Balaban J connectivity index is 1.81. The Bertz CT molecular complexity index is 1070. The number of halogens is 1. The summed E-state index contributed by atoms with van der Waals surface area (Å²) < 4.78 is 43.9. The summed E-state index contributed by atoms with van der Waals surface area (Å²) >= 11 is 0. The van der Waals surface area contributed by atoms with Gasteiger partial charge in [-0.3, -0.25) is 9.48 Å². The number of ether oxygens (including phenoxy) is 1. The zero-order valence-corrected chi connectivity index (χ0v) is 16.7. The molecular formula is C17H20FN5O6S. The van der Waals surface area contributed by atoms with Gasteiger partial charge >= 0.3 is 6.09 Å². The lowest BCUT2D eigenvalue weighted by Crippen LogP contribution is -2.49. The second-order valence-electron chi connectivity index (χ2n) is 6.95. The number of amides is 2. The molecule has 1 aliphatic rings. The van der Waals surface area contributed by atoms with E-state index in [1.807, 2.05) is 0 Å². The molecule has 1 aliphatic heterocycles. The molecule has 162 valence electrons. The fraction of sp³-hybridized carbons (Fsp3) is 0.412. The number of piperidine rings is 1. The van der Waals surface area contributed by atoms with Gasteiger partial charge in [0.25, 0.3) is 5.91 Å². The lowest BCUT2D eigenvalue weighted by Gasteiger charge is -2.33. The fourth-order valence-electron chi connectivity index (χ4n) is 3.04. The zero-order valence-electron chi connectivity index (χ0n) is 15.9. The number of carboxylic acid groups (broad SMARTS) is 1. The first-order chi connectivity index (χ1) is 14.0. The van der Waals surface area contributed by atoms with E-state index < -0.39 is 34.1 Å². The van der Waals surface area contributed by atoms with Crippen molar-refractivity contribution in [2.24, 2.45) is 5.73 Å². The first-order valence-electron chi connectivity index (χ1n) is 8.82. The van der Waals surface area contributed by atoms with E-state index in [1.54, 1.807) is 0 Å². The van der Waals surface area contributed by atoms with Crippen LogP contribution in [0.2, 0.25) is 0 Å². The molecule has 1 fully saturated rings. The molecule has 0 radical (unpaired) electrons. The Morgan fingerprint density at radius 3 is 2.70 bits per heavy atom. The van der Waals surface area contributed by atoms with Crippen molar-refractivity contribution in [2.45, 2.75) is 24.6 Å². The molecule has 0 aliphatic carbocycles. The molecule has 3 N–H and O–H groups in total. The minimum absolute atomic E-state index is 0.0868. The van der Waals surface area contributed by atoms with E-state index in [0.717, 1.165) is 11.2 Å². The van der Waals surface area contributed by atoms with E-state index in [2.05, 4.69) is 10.1 Å². The third kappa shape index (κ3) is 5.03. The maximum atomic E-state index is 14.3. The molecule has 2 amide bonds. The SMILES string of the molecule is CS(=O)(=O)Cn1cc(-c2cnc(O[C@@H]3CCN(C(=O)O)C[C@@H]3F)c(C(N)=O)c2)cn1. The predicted octanol–water partition coefficient (Wildman–Crippen LogP) is 0.515. The van der Waals surface area contributed by atoms with Gasteiger partial charge in [0, 0.05) is 42.7 Å². The fourth-order valence-corrected chi connectivity index (χ4v) is 3.66. The van der Waals surface area contributed by atoms with Crippen molar-refractivity contribution >= 4 is 21.8 Å². The minimum Gasteiger partial charge on any atom is -0.471 e. The number of carbonyl (C=O) groups is 2. The largest absolute Gasteiger partial charge is 0.471 e. The van der Waals surface area contributed by atoms with Crippen LogP contribution in [-0.4, -0.2) is 76.8 Å². The number of nitrogens with zero attached hydrogens (tertiary/aromatic N) is 4. The zero-order chi connectivity index (χ0) is 22.1. The van der Waals surface area contributed by atoms with E-state index in [1.165, 1.54) is 29.3 Å². The molecule has 0 aromatic carbocycles. The van der Waals surface area contributed by atoms with Crippen LogP contribution in [-0.2, 0) is 15.7 Å². The number of sulfone groups is 1. The van der Waals surface area contributed by atoms with Crippen LogP contribution < -0.4 is 10.5 Å². The van der Waals surface area contributed by atoms with Crippen molar-refractivity contribution in [3.63, 3.8) is 0 Å². The van der Waals surface area contributed by atoms with Gasteiger partial charge in [-0.15, -0.1) is 0 Å². The number of nitrogens with two attached hydrogens (primary N) is 1. The second-order valence-corrected chi connectivity index (χ2v) is 9.06. The summed E-state index contributed by atoms with van der Waals surface area (Å²) in [6.07, 6.45) is 1.63. The first kappa shape index (κ1) is 21.5. The summed E-state index contributed by atoms with van der Waals surface area (Å²) in [7, 11) is -3.29. The van der Waals surface area contributed by atoms with E-state index in [0.29, 0.717) is 11.1 Å². The van der Waals surface area contributed by atoms with Gasteiger partial charge in [0.1, 0.15) is 17.5 Å². The van der Waals surface area contributed by atoms with Crippen LogP contribution in [0.1, 0.15) is 16.8 Å². The maximum absolute atomic E-state index is 14.3. The average Bonchev–Trinajstić information content (AvgIpc) is 3.09. The van der Waals surface area contributed by atoms with E-state index in [9.17, 15) is 22.4 Å². The lowest BCUT2D eigenvalue weighted by molar-refractivity contribution is 0.0222. The summed E-state index contributed by atoms with van der Waals surface area (Å²) in [5.41, 5.74) is 6.26. The molecule has 30 heavy (non-hydrogen) atoms. The van der Waals surface area contributed by atoms with Gasteiger partial charge in [-0.05, 0) is 6.07 Å². The Hall–Kier alpha value is -3.22. The Kier molecular flexibility index (Phi) is 5.92. The van der Waals surface area contributed by atoms with Crippen molar-refractivity contribution in [1.82, 2.24) is 19.7 Å². The molecule has 2 aromatic rings. The number of carbonyl (C=O) groups excluding carboxylic acids is 1. The molecule has 3 rings (SSSR count). The summed E-state index contributed by atoms with van der Waals surface area (Å²) in [4.78, 5) is 27.9. The highest BCUT2D eigenvalue weighted by Gasteiger charge is 2.34. The van der Waals surface area contributed by atoms with Gasteiger partial charge in [0.2, 0.25) is 5.88 Å². The van der Waals surface area contributed by atoms with Crippen molar-refractivity contribution < 1.29 is 32.2 Å². The molecule has 3 heterocycles. The number of likely N-dealkylation sites (tertiary alicyclic amines) is 1.